The van der Waals surface area contributed by atoms with Crippen LogP contribution in [-0.4, -0.2) is 72.4 Å². The second kappa shape index (κ2) is 17.0. The maximum atomic E-state index is 13.3. The molecule has 0 saturated carbocycles. The largest absolute Gasteiger partial charge is 0.463 e. The first-order chi connectivity index (χ1) is 19.5. The topological polar surface area (TPSA) is 169 Å². The van der Waals surface area contributed by atoms with Gasteiger partial charge in [-0.2, -0.15) is 0 Å². The van der Waals surface area contributed by atoms with Gasteiger partial charge in [-0.05, 0) is 44.6 Å². The summed E-state index contributed by atoms with van der Waals surface area (Å²) in [5, 5.41) is 18.0. The van der Waals surface area contributed by atoms with E-state index >= 15 is 0 Å². The third-order valence-electron chi connectivity index (χ3n) is 6.24. The summed E-state index contributed by atoms with van der Waals surface area (Å²) in [5.74, 6) is -2.86. The number of esters is 2. The molecule has 3 amide bonds. The lowest BCUT2D eigenvalue weighted by Crippen LogP contribution is -2.51. The predicted molar refractivity (Wildman–Crippen MR) is 148 cm³/mol. The first kappa shape index (κ1) is 33.3. The Morgan fingerprint density at radius 3 is 2.39 bits per heavy atom. The second-order valence-corrected chi connectivity index (χ2v) is 10.2. The number of amides is 3. The first-order valence-electron chi connectivity index (χ1n) is 13.8. The van der Waals surface area contributed by atoms with E-state index in [4.69, 9.17) is 14.2 Å². The number of benzene rings is 1. The number of aliphatic hydroxyl groups is 1. The van der Waals surface area contributed by atoms with Crippen molar-refractivity contribution in [1.29, 1.82) is 0 Å². The van der Waals surface area contributed by atoms with Crippen molar-refractivity contribution in [2.75, 3.05) is 13.2 Å². The number of hydrogen-bond donors (Lipinski definition) is 4. The lowest BCUT2D eigenvalue weighted by molar-refractivity contribution is -0.161. The number of carbonyl (C=O) groups excluding carboxylic acids is 5. The van der Waals surface area contributed by atoms with Crippen LogP contribution < -0.4 is 16.0 Å². The molecule has 0 aromatic heterocycles. The minimum atomic E-state index is -1.50. The normalized spacial score (nSPS) is 17.7. The van der Waals surface area contributed by atoms with Gasteiger partial charge in [0.1, 0.15) is 6.61 Å². The van der Waals surface area contributed by atoms with Gasteiger partial charge in [0.25, 0.3) is 5.91 Å². The third kappa shape index (κ3) is 12.0. The van der Waals surface area contributed by atoms with E-state index in [0.29, 0.717) is 13.0 Å². The Balaban J connectivity index is 2.10. The zero-order valence-corrected chi connectivity index (χ0v) is 24.0. The fraction of sp³-hybridized carbons (Fsp3) is 0.552. The van der Waals surface area contributed by atoms with E-state index in [1.165, 1.54) is 19.1 Å². The number of carbonyl (C=O) groups is 5. The minimum Gasteiger partial charge on any atom is -0.463 e. The highest BCUT2D eigenvalue weighted by molar-refractivity contribution is 5.88. The molecule has 1 heterocycles. The number of aliphatic hydroxyl groups excluding tert-OH is 1. The predicted octanol–water partition coefficient (Wildman–Crippen LogP) is 1.75. The van der Waals surface area contributed by atoms with Crippen LogP contribution in [0.4, 0.5) is 4.79 Å². The van der Waals surface area contributed by atoms with Gasteiger partial charge in [0.2, 0.25) is 5.91 Å². The van der Waals surface area contributed by atoms with Crippen molar-refractivity contribution >= 4 is 29.8 Å². The lowest BCUT2D eigenvalue weighted by atomic mass is 9.97. The molecule has 1 aromatic rings. The molecule has 1 fully saturated rings. The maximum Gasteiger partial charge on any atom is 0.408 e. The van der Waals surface area contributed by atoms with E-state index in [2.05, 4.69) is 16.0 Å². The zero-order chi connectivity index (χ0) is 30.4. The van der Waals surface area contributed by atoms with E-state index in [0.717, 1.165) is 5.56 Å². The van der Waals surface area contributed by atoms with Gasteiger partial charge in [0, 0.05) is 24.6 Å². The van der Waals surface area contributed by atoms with Crippen molar-refractivity contribution in [1.82, 2.24) is 16.0 Å². The third-order valence-corrected chi connectivity index (χ3v) is 6.24. The average Bonchev–Trinajstić information content (AvgIpc) is 3.32. The van der Waals surface area contributed by atoms with Crippen molar-refractivity contribution in [3.8, 4) is 0 Å². The quantitative estimate of drug-likeness (QED) is 0.138. The van der Waals surface area contributed by atoms with E-state index in [1.54, 1.807) is 31.2 Å². The Morgan fingerprint density at radius 1 is 1.10 bits per heavy atom. The van der Waals surface area contributed by atoms with Crippen LogP contribution in [0.5, 0.6) is 0 Å². The molecule has 0 spiro atoms. The molecule has 1 aliphatic heterocycles. The van der Waals surface area contributed by atoms with Crippen molar-refractivity contribution in [2.45, 2.75) is 77.9 Å². The second-order valence-electron chi connectivity index (χ2n) is 10.2. The van der Waals surface area contributed by atoms with Crippen LogP contribution in [0.3, 0.4) is 0 Å². The molecule has 1 aromatic carbocycles. The van der Waals surface area contributed by atoms with E-state index in [9.17, 15) is 29.1 Å². The highest BCUT2D eigenvalue weighted by Gasteiger charge is 2.34. The van der Waals surface area contributed by atoms with Crippen LogP contribution in [0.1, 0.15) is 52.5 Å². The molecular weight excluding hydrogens is 534 g/mol. The van der Waals surface area contributed by atoms with Crippen molar-refractivity contribution in [3.05, 3.63) is 48.0 Å². The van der Waals surface area contributed by atoms with Crippen molar-refractivity contribution < 1.29 is 43.3 Å². The highest BCUT2D eigenvalue weighted by atomic mass is 16.6. The maximum absolute atomic E-state index is 13.3. The van der Waals surface area contributed by atoms with E-state index in [1.807, 2.05) is 19.9 Å². The van der Waals surface area contributed by atoms with E-state index < -0.39 is 48.2 Å². The van der Waals surface area contributed by atoms with Gasteiger partial charge in [-0.15, -0.1) is 0 Å². The summed E-state index contributed by atoms with van der Waals surface area (Å²) in [4.78, 5) is 62.7. The van der Waals surface area contributed by atoms with Crippen LogP contribution >= 0.6 is 0 Å². The monoisotopic (exact) mass is 575 g/mol. The Hall–Kier alpha value is -3.93. The molecule has 226 valence electrons. The Bertz CT molecular complexity index is 1060. The Kier molecular flexibility index (Phi) is 13.8. The minimum absolute atomic E-state index is 0.0493. The van der Waals surface area contributed by atoms with Gasteiger partial charge in [0.15, 0.2) is 12.1 Å². The van der Waals surface area contributed by atoms with Crippen LogP contribution in [-0.2, 0) is 40.0 Å². The number of alkyl carbamates (subject to hydrolysis) is 1. The molecule has 4 N–H and O–H groups in total. The van der Waals surface area contributed by atoms with Gasteiger partial charge in [-0.25, -0.2) is 14.4 Å². The molecule has 2 rings (SSSR count). The fourth-order valence-electron chi connectivity index (χ4n) is 4.14. The molecular formula is C29H41N3O9. The number of hydrogen-bond acceptors (Lipinski definition) is 9. The Labute approximate surface area is 240 Å². The highest BCUT2D eigenvalue weighted by Crippen LogP contribution is 2.18. The smallest absolute Gasteiger partial charge is 0.408 e. The van der Waals surface area contributed by atoms with Crippen molar-refractivity contribution in [3.63, 3.8) is 0 Å². The zero-order valence-electron chi connectivity index (χ0n) is 24.0. The molecule has 5 atom stereocenters. The van der Waals surface area contributed by atoms with Crippen LogP contribution in [0.15, 0.2) is 42.5 Å². The number of rotatable bonds is 15. The summed E-state index contributed by atoms with van der Waals surface area (Å²) in [6.45, 7) is 7.27. The van der Waals surface area contributed by atoms with Gasteiger partial charge < -0.3 is 35.3 Å². The van der Waals surface area contributed by atoms with Crippen LogP contribution in [0.25, 0.3) is 0 Å². The molecule has 0 radical (unpaired) electrons. The Morgan fingerprint density at radius 2 is 1.80 bits per heavy atom. The molecule has 12 nitrogen and oxygen atoms in total. The molecule has 0 aliphatic carbocycles. The summed E-state index contributed by atoms with van der Waals surface area (Å²) in [6.07, 6.45) is -0.0112. The van der Waals surface area contributed by atoms with E-state index in [-0.39, 0.29) is 43.8 Å². The lowest BCUT2D eigenvalue weighted by Gasteiger charge is -2.26. The molecule has 1 aliphatic rings. The molecule has 12 heteroatoms. The van der Waals surface area contributed by atoms with Crippen molar-refractivity contribution in [2.24, 2.45) is 11.8 Å². The molecule has 0 bridgehead atoms. The van der Waals surface area contributed by atoms with Gasteiger partial charge >= 0.3 is 18.0 Å². The summed E-state index contributed by atoms with van der Waals surface area (Å²) in [7, 11) is 0. The first-order valence-corrected chi connectivity index (χ1v) is 13.8. The van der Waals surface area contributed by atoms with Gasteiger partial charge in [-0.3, -0.25) is 9.59 Å². The van der Waals surface area contributed by atoms with Gasteiger partial charge in [-0.1, -0.05) is 50.3 Å². The SMILES string of the molecule is CCOC(=O)C=C[C@H](C[C@@H]1CCNC1=O)NC(=O)[C@H](CC(C)C)OC(=O)[C@@H](NC(=O)OCc1ccccc1)C(C)O. The molecule has 41 heavy (non-hydrogen) atoms. The molecule has 1 saturated heterocycles. The number of nitrogens with one attached hydrogen (secondary N) is 3. The van der Waals surface area contributed by atoms with Crippen LogP contribution in [0.2, 0.25) is 0 Å². The number of ether oxygens (including phenoxy) is 3. The fourth-order valence-corrected chi connectivity index (χ4v) is 4.14. The summed E-state index contributed by atoms with van der Waals surface area (Å²) in [6, 6.07) is 6.68. The summed E-state index contributed by atoms with van der Waals surface area (Å²) >= 11 is 0. The molecule has 1 unspecified atom stereocenters. The summed E-state index contributed by atoms with van der Waals surface area (Å²) in [5.41, 5.74) is 0.731. The van der Waals surface area contributed by atoms with Gasteiger partial charge in [0.05, 0.1) is 12.7 Å². The summed E-state index contributed by atoms with van der Waals surface area (Å²) < 4.78 is 15.5. The standard InChI is InChI=1S/C29H41N3O9/c1-5-39-24(34)12-11-22(16-21-13-14-30-26(21)35)31-27(36)23(15-18(2)3)41-28(37)25(19(4)33)32-29(38)40-17-20-9-7-6-8-10-20/h6-12,18-19,21-23,25,33H,5,13-17H2,1-4H3,(H,30,35)(H,31,36)(H,32,38)/t19?,21-,22+,23-,25-/m0/s1. The van der Waals surface area contributed by atoms with Crippen LogP contribution in [0, 0.1) is 11.8 Å². The average molecular weight is 576 g/mol.